The highest BCUT2D eigenvalue weighted by atomic mass is 35.5. The number of hydrogen-bond acceptors (Lipinski definition) is 5. The van der Waals surface area contributed by atoms with Gasteiger partial charge < -0.3 is 15.0 Å². The average molecular weight is 680 g/mol. The number of benzene rings is 4. The molecule has 0 aliphatic carbocycles. The molecule has 0 bridgehead atoms. The molecule has 248 valence electrons. The molecule has 2 amide bonds. The Morgan fingerprint density at radius 2 is 1.53 bits per heavy atom. The maximum absolute atomic E-state index is 14.5. The zero-order valence-corrected chi connectivity index (χ0v) is 28.2. The number of amides is 2. The number of halogens is 2. The van der Waals surface area contributed by atoms with Gasteiger partial charge in [0.15, 0.2) is 0 Å². The number of hydrogen-bond donors (Lipinski definition) is 1. The lowest BCUT2D eigenvalue weighted by Crippen LogP contribution is -2.54. The van der Waals surface area contributed by atoms with E-state index in [0.29, 0.717) is 29.4 Å². The molecular formula is C36H39ClFN3O5S. The molecule has 0 heterocycles. The molecule has 2 atom stereocenters. The van der Waals surface area contributed by atoms with Gasteiger partial charge in [0.25, 0.3) is 10.0 Å². The van der Waals surface area contributed by atoms with Gasteiger partial charge in [0, 0.05) is 24.0 Å². The van der Waals surface area contributed by atoms with Crippen LogP contribution in [0.5, 0.6) is 5.75 Å². The highest BCUT2D eigenvalue weighted by Crippen LogP contribution is 2.27. The van der Waals surface area contributed by atoms with Gasteiger partial charge in [0.2, 0.25) is 11.8 Å². The molecule has 0 saturated heterocycles. The smallest absolute Gasteiger partial charge is 0.264 e. The first-order valence-corrected chi connectivity index (χ1v) is 17.2. The Morgan fingerprint density at radius 1 is 0.894 bits per heavy atom. The van der Waals surface area contributed by atoms with Crippen molar-refractivity contribution in [3.8, 4) is 5.75 Å². The first kappa shape index (κ1) is 35.4. The Kier molecular flexibility index (Phi) is 12.4. The fourth-order valence-corrected chi connectivity index (χ4v) is 6.55. The molecule has 1 N–H and O–H groups in total. The maximum atomic E-state index is 14.5. The van der Waals surface area contributed by atoms with Crippen LogP contribution in [0.4, 0.5) is 10.1 Å². The second-order valence-electron chi connectivity index (χ2n) is 11.0. The van der Waals surface area contributed by atoms with Crippen LogP contribution in [0.15, 0.2) is 108 Å². The lowest BCUT2D eigenvalue weighted by atomic mass is 10.0. The third-order valence-corrected chi connectivity index (χ3v) is 9.84. The molecular weight excluding hydrogens is 641 g/mol. The number of nitrogens with zero attached hydrogens (tertiary/aromatic N) is 2. The van der Waals surface area contributed by atoms with Crippen molar-refractivity contribution in [2.24, 2.45) is 0 Å². The zero-order valence-electron chi connectivity index (χ0n) is 26.6. The van der Waals surface area contributed by atoms with Gasteiger partial charge in [-0.3, -0.25) is 13.9 Å². The van der Waals surface area contributed by atoms with Crippen molar-refractivity contribution in [3.05, 3.63) is 125 Å². The minimum Gasteiger partial charge on any atom is -0.494 e. The number of rotatable bonds is 15. The maximum Gasteiger partial charge on any atom is 0.264 e. The molecule has 8 nitrogen and oxygen atoms in total. The van der Waals surface area contributed by atoms with Gasteiger partial charge in [0.05, 0.1) is 17.2 Å². The Balaban J connectivity index is 1.80. The van der Waals surface area contributed by atoms with Crippen molar-refractivity contribution in [3.63, 3.8) is 0 Å². The Labute approximate surface area is 281 Å². The predicted octanol–water partition coefficient (Wildman–Crippen LogP) is 6.63. The van der Waals surface area contributed by atoms with E-state index >= 15 is 0 Å². The van der Waals surface area contributed by atoms with Gasteiger partial charge in [-0.05, 0) is 86.0 Å². The molecule has 0 aromatic heterocycles. The van der Waals surface area contributed by atoms with Crippen molar-refractivity contribution < 1.29 is 27.1 Å². The van der Waals surface area contributed by atoms with Crippen LogP contribution < -0.4 is 14.4 Å². The standard InChI is InChI=1S/C36H39ClFN3O5S/c1-4-26(3)39-36(43)34(23-27-11-7-6-8-12-27)40(24-28-13-9-10-14-33(28)37)35(42)25-41(30-17-15-29(38)16-18-30)47(44,45)32-21-19-31(20-22-32)46-5-2/h6-22,26,34H,4-5,23-25H2,1-3H3,(H,39,43)/t26-,34+/m1/s1. The van der Waals surface area contributed by atoms with Crippen LogP contribution in [0.25, 0.3) is 0 Å². The van der Waals surface area contributed by atoms with E-state index in [-0.39, 0.29) is 35.5 Å². The minimum atomic E-state index is -4.35. The van der Waals surface area contributed by atoms with E-state index < -0.39 is 34.3 Å². The fourth-order valence-electron chi connectivity index (χ4n) is 4.94. The van der Waals surface area contributed by atoms with E-state index in [1.807, 2.05) is 51.1 Å². The molecule has 4 aromatic carbocycles. The third kappa shape index (κ3) is 9.33. The van der Waals surface area contributed by atoms with Gasteiger partial charge >= 0.3 is 0 Å². The SMILES string of the molecule is CCOc1ccc(S(=O)(=O)N(CC(=O)N(Cc2ccccc2Cl)[C@@H](Cc2ccccc2)C(=O)N[C@H](C)CC)c2ccc(F)cc2)cc1. The van der Waals surface area contributed by atoms with Crippen LogP contribution in [-0.4, -0.2) is 50.4 Å². The lowest BCUT2D eigenvalue weighted by Gasteiger charge is -2.34. The van der Waals surface area contributed by atoms with E-state index in [0.717, 1.165) is 22.0 Å². The van der Waals surface area contributed by atoms with Gasteiger partial charge in [-0.1, -0.05) is 67.1 Å². The van der Waals surface area contributed by atoms with Gasteiger partial charge in [-0.15, -0.1) is 0 Å². The summed E-state index contributed by atoms with van der Waals surface area (Å²) < 4.78 is 48.7. The van der Waals surface area contributed by atoms with Crippen LogP contribution in [0.2, 0.25) is 5.02 Å². The van der Waals surface area contributed by atoms with Gasteiger partial charge in [0.1, 0.15) is 24.2 Å². The summed E-state index contributed by atoms with van der Waals surface area (Å²) in [4.78, 5) is 29.7. The molecule has 47 heavy (non-hydrogen) atoms. The van der Waals surface area contributed by atoms with Crippen molar-refractivity contribution in [1.82, 2.24) is 10.2 Å². The summed E-state index contributed by atoms with van der Waals surface area (Å²) in [6.45, 7) is 5.29. The lowest BCUT2D eigenvalue weighted by molar-refractivity contribution is -0.140. The Hall–Kier alpha value is -4.41. The third-order valence-electron chi connectivity index (χ3n) is 7.69. The van der Waals surface area contributed by atoms with Crippen LogP contribution in [-0.2, 0) is 32.6 Å². The normalized spacial score (nSPS) is 12.5. The quantitative estimate of drug-likeness (QED) is 0.152. The molecule has 0 radical (unpaired) electrons. The number of carbonyl (C=O) groups is 2. The predicted molar refractivity (Wildman–Crippen MR) is 182 cm³/mol. The average Bonchev–Trinajstić information content (AvgIpc) is 3.07. The fraction of sp³-hybridized carbons (Fsp3) is 0.278. The topological polar surface area (TPSA) is 96.0 Å². The Bertz CT molecular complexity index is 1740. The number of carbonyl (C=O) groups excluding carboxylic acids is 2. The largest absolute Gasteiger partial charge is 0.494 e. The van der Waals surface area contributed by atoms with Crippen molar-refractivity contribution in [2.75, 3.05) is 17.5 Å². The highest BCUT2D eigenvalue weighted by Gasteiger charge is 2.35. The molecule has 0 saturated carbocycles. The summed E-state index contributed by atoms with van der Waals surface area (Å²) in [6.07, 6.45) is 0.836. The molecule has 0 unspecified atom stereocenters. The molecule has 0 aliphatic rings. The van der Waals surface area contributed by atoms with Crippen molar-refractivity contribution in [1.29, 1.82) is 0 Å². The van der Waals surface area contributed by atoms with E-state index in [1.165, 1.54) is 41.3 Å². The van der Waals surface area contributed by atoms with Crippen LogP contribution in [0.1, 0.15) is 38.3 Å². The number of nitrogens with one attached hydrogen (secondary N) is 1. The van der Waals surface area contributed by atoms with Crippen molar-refractivity contribution in [2.45, 2.75) is 57.1 Å². The van der Waals surface area contributed by atoms with Crippen LogP contribution in [0.3, 0.4) is 0 Å². The Morgan fingerprint density at radius 3 is 2.15 bits per heavy atom. The van der Waals surface area contributed by atoms with E-state index in [4.69, 9.17) is 16.3 Å². The second kappa shape index (κ2) is 16.4. The number of ether oxygens (including phenoxy) is 1. The van der Waals surface area contributed by atoms with E-state index in [1.54, 1.807) is 24.3 Å². The van der Waals surface area contributed by atoms with Crippen LogP contribution in [0, 0.1) is 5.82 Å². The molecule has 4 aromatic rings. The monoisotopic (exact) mass is 679 g/mol. The van der Waals surface area contributed by atoms with Crippen molar-refractivity contribution >= 4 is 39.1 Å². The second-order valence-corrected chi connectivity index (χ2v) is 13.3. The number of anilines is 1. The molecule has 0 spiro atoms. The summed E-state index contributed by atoms with van der Waals surface area (Å²) in [7, 11) is -4.35. The highest BCUT2D eigenvalue weighted by molar-refractivity contribution is 7.92. The molecule has 0 fully saturated rings. The summed E-state index contributed by atoms with van der Waals surface area (Å²) in [5, 5.41) is 3.39. The number of sulfonamides is 1. The van der Waals surface area contributed by atoms with Crippen LogP contribution >= 0.6 is 11.6 Å². The molecule has 0 aliphatic heterocycles. The molecule has 11 heteroatoms. The first-order chi connectivity index (χ1) is 22.5. The van der Waals surface area contributed by atoms with E-state index in [2.05, 4.69) is 5.32 Å². The molecule has 4 rings (SSSR count). The zero-order chi connectivity index (χ0) is 34.0. The summed E-state index contributed by atoms with van der Waals surface area (Å²) in [5.41, 5.74) is 1.47. The summed E-state index contributed by atoms with van der Waals surface area (Å²) >= 11 is 6.54. The summed E-state index contributed by atoms with van der Waals surface area (Å²) in [5.74, 6) is -1.11. The minimum absolute atomic E-state index is 0.0652. The first-order valence-electron chi connectivity index (χ1n) is 15.4. The van der Waals surface area contributed by atoms with Gasteiger partial charge in [-0.2, -0.15) is 0 Å². The van der Waals surface area contributed by atoms with E-state index in [9.17, 15) is 22.4 Å². The summed E-state index contributed by atoms with van der Waals surface area (Å²) in [6, 6.07) is 25.7. The van der Waals surface area contributed by atoms with Gasteiger partial charge in [-0.25, -0.2) is 12.8 Å².